The number of carbonyl (C=O) groups excluding carboxylic acids is 1. The fourth-order valence-corrected chi connectivity index (χ4v) is 2.52. The monoisotopic (exact) mass is 277 g/mol. The number of hydrogen-bond donors (Lipinski definition) is 0. The lowest BCUT2D eigenvalue weighted by atomic mass is 10.1. The van der Waals surface area contributed by atoms with Crippen LogP contribution in [0.15, 0.2) is 24.3 Å². The lowest BCUT2D eigenvalue weighted by Crippen LogP contribution is -2.41. The van der Waals surface area contributed by atoms with E-state index in [0.29, 0.717) is 11.3 Å². The molecule has 0 spiro atoms. The van der Waals surface area contributed by atoms with Crippen LogP contribution < -0.4 is 4.74 Å². The molecule has 110 valence electrons. The molecule has 1 aromatic rings. The molecule has 1 amide bonds. The van der Waals surface area contributed by atoms with Gasteiger partial charge in [-0.25, -0.2) is 0 Å². The van der Waals surface area contributed by atoms with E-state index in [9.17, 15) is 4.79 Å². The molecule has 0 bridgehead atoms. The number of likely N-dealkylation sites (tertiary alicyclic amines) is 1. The molecule has 2 rings (SSSR count). The molecule has 0 atom stereocenters. The van der Waals surface area contributed by atoms with Gasteiger partial charge in [-0.15, -0.1) is 0 Å². The summed E-state index contributed by atoms with van der Waals surface area (Å²) in [5.74, 6) is 0.792. The molecule has 20 heavy (non-hydrogen) atoms. The highest BCUT2D eigenvalue weighted by Crippen LogP contribution is 2.19. The minimum Gasteiger partial charge on any atom is -0.497 e. The Morgan fingerprint density at radius 2 is 2.00 bits per heavy atom. The van der Waals surface area contributed by atoms with Gasteiger partial charge in [0.15, 0.2) is 0 Å². The predicted molar refractivity (Wildman–Crippen MR) is 78.1 cm³/mol. The molecule has 1 heterocycles. The van der Waals surface area contributed by atoms with Crippen LogP contribution in [0.4, 0.5) is 0 Å². The van der Waals surface area contributed by atoms with Crippen molar-refractivity contribution in [3.8, 4) is 5.75 Å². The third kappa shape index (κ3) is 3.73. The molecule has 1 aliphatic heterocycles. The van der Waals surface area contributed by atoms with Gasteiger partial charge in [-0.1, -0.05) is 6.07 Å². The maximum Gasteiger partial charge on any atom is 0.253 e. The Bertz CT molecular complexity index is 451. The van der Waals surface area contributed by atoms with Crippen molar-refractivity contribution in [2.24, 2.45) is 0 Å². The Kier molecular flexibility index (Phi) is 5.01. The quantitative estimate of drug-likeness (QED) is 0.849. The number of amides is 1. The minimum absolute atomic E-state index is 0.0758. The average molecular weight is 277 g/mol. The van der Waals surface area contributed by atoms with Crippen molar-refractivity contribution < 1.29 is 14.3 Å². The Morgan fingerprint density at radius 1 is 1.30 bits per heavy atom. The van der Waals surface area contributed by atoms with Gasteiger partial charge in [-0.3, -0.25) is 4.79 Å². The third-order valence-electron chi connectivity index (χ3n) is 3.51. The van der Waals surface area contributed by atoms with E-state index >= 15 is 0 Å². The Labute approximate surface area is 120 Å². The lowest BCUT2D eigenvalue weighted by Gasteiger charge is -2.33. The van der Waals surface area contributed by atoms with E-state index in [2.05, 4.69) is 0 Å². The molecule has 0 N–H and O–H groups in total. The van der Waals surface area contributed by atoms with E-state index in [-0.39, 0.29) is 18.1 Å². The number of benzene rings is 1. The summed E-state index contributed by atoms with van der Waals surface area (Å²) in [7, 11) is 1.61. The first kappa shape index (κ1) is 14.9. The largest absolute Gasteiger partial charge is 0.497 e. The summed E-state index contributed by atoms with van der Waals surface area (Å²) in [5.41, 5.74) is 0.688. The van der Waals surface area contributed by atoms with E-state index in [0.717, 1.165) is 25.9 Å². The molecule has 0 aliphatic carbocycles. The van der Waals surface area contributed by atoms with Gasteiger partial charge in [0.05, 0.1) is 19.3 Å². The number of ether oxygens (including phenoxy) is 2. The smallest absolute Gasteiger partial charge is 0.253 e. The summed E-state index contributed by atoms with van der Waals surface area (Å²) in [6.45, 7) is 5.61. The van der Waals surface area contributed by atoms with Crippen LogP contribution in [0.2, 0.25) is 0 Å². The van der Waals surface area contributed by atoms with Crippen molar-refractivity contribution in [1.29, 1.82) is 0 Å². The van der Waals surface area contributed by atoms with E-state index in [1.807, 2.05) is 36.9 Å². The van der Waals surface area contributed by atoms with Crippen molar-refractivity contribution in [2.45, 2.75) is 38.9 Å². The van der Waals surface area contributed by atoms with Crippen LogP contribution >= 0.6 is 0 Å². The van der Waals surface area contributed by atoms with Crippen LogP contribution in [0.25, 0.3) is 0 Å². The van der Waals surface area contributed by atoms with Crippen LogP contribution in [-0.4, -0.2) is 43.2 Å². The number of nitrogens with zero attached hydrogens (tertiary/aromatic N) is 1. The number of methoxy groups -OCH3 is 1. The first-order chi connectivity index (χ1) is 9.60. The second-order valence-electron chi connectivity index (χ2n) is 5.41. The summed E-state index contributed by atoms with van der Waals surface area (Å²) >= 11 is 0. The highest BCUT2D eigenvalue weighted by molar-refractivity contribution is 5.94. The first-order valence-electron chi connectivity index (χ1n) is 7.19. The van der Waals surface area contributed by atoms with Gasteiger partial charge in [0, 0.05) is 18.7 Å². The van der Waals surface area contributed by atoms with Crippen LogP contribution in [0, 0.1) is 0 Å². The molecule has 0 unspecified atom stereocenters. The van der Waals surface area contributed by atoms with Gasteiger partial charge < -0.3 is 14.4 Å². The van der Waals surface area contributed by atoms with E-state index in [1.54, 1.807) is 13.2 Å². The van der Waals surface area contributed by atoms with Gasteiger partial charge in [-0.05, 0) is 44.9 Å². The van der Waals surface area contributed by atoms with Crippen LogP contribution in [0.3, 0.4) is 0 Å². The number of piperidine rings is 1. The van der Waals surface area contributed by atoms with Crippen molar-refractivity contribution in [2.75, 3.05) is 20.2 Å². The Balaban J connectivity index is 1.94. The van der Waals surface area contributed by atoms with E-state index < -0.39 is 0 Å². The molecule has 1 fully saturated rings. The van der Waals surface area contributed by atoms with Crippen LogP contribution in [0.1, 0.15) is 37.0 Å². The summed E-state index contributed by atoms with van der Waals surface area (Å²) < 4.78 is 11.0. The second-order valence-corrected chi connectivity index (χ2v) is 5.41. The molecular formula is C16H23NO3. The van der Waals surface area contributed by atoms with Gasteiger partial charge in [-0.2, -0.15) is 0 Å². The maximum absolute atomic E-state index is 12.4. The van der Waals surface area contributed by atoms with E-state index in [1.165, 1.54) is 0 Å². The SMILES string of the molecule is COc1cccc(C(=O)N2CCC(OC(C)C)CC2)c1. The topological polar surface area (TPSA) is 38.8 Å². The summed E-state index contributed by atoms with van der Waals surface area (Å²) in [5, 5.41) is 0. The molecule has 4 heteroatoms. The molecule has 0 radical (unpaired) electrons. The summed E-state index contributed by atoms with van der Waals surface area (Å²) in [6.07, 6.45) is 2.35. The lowest BCUT2D eigenvalue weighted by molar-refractivity contribution is -0.0236. The predicted octanol–water partition coefficient (Wildman–Crippen LogP) is 2.72. The van der Waals surface area contributed by atoms with Gasteiger partial charge in [0.1, 0.15) is 5.75 Å². The second kappa shape index (κ2) is 6.75. The van der Waals surface area contributed by atoms with Crippen molar-refractivity contribution >= 4 is 5.91 Å². The zero-order chi connectivity index (χ0) is 14.5. The normalized spacial score (nSPS) is 16.5. The summed E-state index contributed by atoms with van der Waals surface area (Å²) in [4.78, 5) is 14.3. The highest BCUT2D eigenvalue weighted by atomic mass is 16.5. The highest BCUT2D eigenvalue weighted by Gasteiger charge is 2.24. The number of rotatable bonds is 4. The van der Waals surface area contributed by atoms with Crippen molar-refractivity contribution in [3.63, 3.8) is 0 Å². The van der Waals surface area contributed by atoms with Crippen LogP contribution in [-0.2, 0) is 4.74 Å². The molecule has 1 aromatic carbocycles. The molecule has 0 saturated carbocycles. The van der Waals surface area contributed by atoms with Crippen molar-refractivity contribution in [1.82, 2.24) is 4.90 Å². The number of hydrogen-bond acceptors (Lipinski definition) is 3. The average Bonchev–Trinajstić information content (AvgIpc) is 2.47. The fraction of sp³-hybridized carbons (Fsp3) is 0.562. The zero-order valence-corrected chi connectivity index (χ0v) is 12.5. The third-order valence-corrected chi connectivity index (χ3v) is 3.51. The molecule has 1 aliphatic rings. The van der Waals surface area contributed by atoms with Crippen molar-refractivity contribution in [3.05, 3.63) is 29.8 Å². The standard InChI is InChI=1S/C16H23NO3/c1-12(2)20-14-7-9-17(10-8-14)16(18)13-5-4-6-15(11-13)19-3/h4-6,11-12,14H,7-10H2,1-3H3. The van der Waals surface area contributed by atoms with Gasteiger partial charge >= 0.3 is 0 Å². The zero-order valence-electron chi connectivity index (χ0n) is 12.5. The molecule has 0 aromatic heterocycles. The summed E-state index contributed by atoms with van der Waals surface area (Å²) in [6, 6.07) is 7.32. The molecular weight excluding hydrogens is 254 g/mol. The molecule has 1 saturated heterocycles. The first-order valence-corrected chi connectivity index (χ1v) is 7.19. The molecule has 4 nitrogen and oxygen atoms in total. The van der Waals surface area contributed by atoms with Gasteiger partial charge in [0.25, 0.3) is 5.91 Å². The number of carbonyl (C=O) groups is 1. The Hall–Kier alpha value is -1.55. The Morgan fingerprint density at radius 3 is 2.60 bits per heavy atom. The maximum atomic E-state index is 12.4. The fourth-order valence-electron chi connectivity index (χ4n) is 2.52. The van der Waals surface area contributed by atoms with Gasteiger partial charge in [0.2, 0.25) is 0 Å². The van der Waals surface area contributed by atoms with Crippen LogP contribution in [0.5, 0.6) is 5.75 Å². The minimum atomic E-state index is 0.0758. The van der Waals surface area contributed by atoms with E-state index in [4.69, 9.17) is 9.47 Å².